The maximum Gasteiger partial charge on any atom is 0.303 e. The predicted molar refractivity (Wildman–Crippen MR) is 163 cm³/mol. The number of amides is 1. The fraction of sp³-hybridized carbons (Fsp3) is 0.355. The number of carbonyl (C=O) groups is 2. The lowest BCUT2D eigenvalue weighted by Crippen LogP contribution is -2.22. The molecule has 0 bridgehead atoms. The molecule has 4 aromatic rings. The van der Waals surface area contributed by atoms with E-state index in [1.54, 1.807) is 16.9 Å². The molecule has 2 heterocycles. The first-order valence-electron chi connectivity index (χ1n) is 14.1. The van der Waals surface area contributed by atoms with Crippen LogP contribution in [0.4, 0.5) is 5.95 Å². The predicted octanol–water partition coefficient (Wildman–Crippen LogP) is 6.49. The maximum atomic E-state index is 13.4. The molecular weight excluding hydrogens is 534 g/mol. The zero-order valence-electron chi connectivity index (χ0n) is 24.0. The third-order valence-corrected chi connectivity index (χ3v) is 8.35. The van der Waals surface area contributed by atoms with Gasteiger partial charge in [0.15, 0.2) is 0 Å². The van der Waals surface area contributed by atoms with Gasteiger partial charge in [-0.25, -0.2) is 9.67 Å². The van der Waals surface area contributed by atoms with Crippen LogP contribution in [-0.2, 0) is 22.7 Å². The van der Waals surface area contributed by atoms with Crippen LogP contribution in [0.25, 0.3) is 16.8 Å². The number of carboxylic acid groups (broad SMARTS) is 1. The number of unbranched alkanes of at least 4 members (excludes halogenated alkanes) is 2. The summed E-state index contributed by atoms with van der Waals surface area (Å²) in [4.78, 5) is 28.8. The minimum Gasteiger partial charge on any atom is -0.481 e. The third kappa shape index (κ3) is 9.26. The minimum absolute atomic E-state index is 0.173. The average molecular weight is 574 g/mol. The van der Waals surface area contributed by atoms with Crippen LogP contribution in [0.5, 0.6) is 0 Å². The first-order valence-corrected chi connectivity index (χ1v) is 17.8. The second kappa shape index (κ2) is 14.0. The second-order valence-electron chi connectivity index (χ2n) is 11.4. The lowest BCUT2D eigenvalue weighted by molar-refractivity contribution is -0.137. The van der Waals surface area contributed by atoms with E-state index >= 15 is 0 Å². The highest BCUT2D eigenvalue weighted by Gasteiger charge is 2.16. The van der Waals surface area contributed by atoms with Crippen molar-refractivity contribution in [3.8, 4) is 16.8 Å². The molecule has 10 heteroatoms. The van der Waals surface area contributed by atoms with Crippen molar-refractivity contribution >= 4 is 25.9 Å². The van der Waals surface area contributed by atoms with Crippen LogP contribution in [-0.4, -0.2) is 51.0 Å². The monoisotopic (exact) mass is 573 g/mol. The van der Waals surface area contributed by atoms with Gasteiger partial charge in [0.25, 0.3) is 5.91 Å². The number of carboxylic acids is 1. The summed E-state index contributed by atoms with van der Waals surface area (Å²) in [5.41, 5.74) is 4.04. The van der Waals surface area contributed by atoms with E-state index in [1.807, 2.05) is 65.5 Å². The Morgan fingerprint density at radius 1 is 0.976 bits per heavy atom. The van der Waals surface area contributed by atoms with Crippen molar-refractivity contribution in [1.82, 2.24) is 19.3 Å². The molecule has 2 N–H and O–H groups in total. The smallest absolute Gasteiger partial charge is 0.303 e. The molecule has 0 saturated carbocycles. The van der Waals surface area contributed by atoms with Crippen molar-refractivity contribution in [2.24, 2.45) is 0 Å². The highest BCUT2D eigenvalue weighted by molar-refractivity contribution is 6.76. The number of anilines is 1. The fourth-order valence-electron chi connectivity index (χ4n) is 4.32. The molecule has 0 unspecified atom stereocenters. The van der Waals surface area contributed by atoms with Gasteiger partial charge in [-0.2, -0.15) is 5.10 Å². The van der Waals surface area contributed by atoms with Crippen LogP contribution in [0.3, 0.4) is 0 Å². The Hall–Kier alpha value is -4.02. The first kappa shape index (κ1) is 29.9. The molecule has 0 aliphatic rings. The van der Waals surface area contributed by atoms with E-state index in [0.717, 1.165) is 48.0 Å². The molecule has 0 aliphatic carbocycles. The summed E-state index contributed by atoms with van der Waals surface area (Å²) >= 11 is 0. The van der Waals surface area contributed by atoms with Gasteiger partial charge in [0.2, 0.25) is 5.95 Å². The van der Waals surface area contributed by atoms with Gasteiger partial charge in [-0.05, 0) is 55.1 Å². The number of ether oxygens (including phenoxy) is 1. The van der Waals surface area contributed by atoms with Crippen molar-refractivity contribution < 1.29 is 19.4 Å². The molecule has 0 radical (unpaired) electrons. The Bertz CT molecular complexity index is 1440. The summed E-state index contributed by atoms with van der Waals surface area (Å²) in [7, 11) is -1.14. The number of rotatable bonds is 15. The number of benzene rings is 2. The molecule has 4 rings (SSSR count). The van der Waals surface area contributed by atoms with Crippen LogP contribution in [0.15, 0.2) is 73.2 Å². The third-order valence-electron chi connectivity index (χ3n) is 6.65. The molecule has 9 nitrogen and oxygen atoms in total. The van der Waals surface area contributed by atoms with E-state index in [2.05, 4.69) is 30.1 Å². The number of hydrogen-bond donors (Lipinski definition) is 2. The molecular formula is C31H39N5O4Si. The summed E-state index contributed by atoms with van der Waals surface area (Å²) in [5, 5.41) is 16.3. The Morgan fingerprint density at radius 2 is 1.78 bits per heavy atom. The number of para-hydroxylation sites is 1. The summed E-state index contributed by atoms with van der Waals surface area (Å²) in [6.07, 6.45) is 8.78. The molecule has 2 aromatic heterocycles. The van der Waals surface area contributed by atoms with Crippen molar-refractivity contribution in [1.29, 1.82) is 0 Å². The largest absolute Gasteiger partial charge is 0.481 e. The van der Waals surface area contributed by atoms with Crippen LogP contribution >= 0.6 is 0 Å². The molecule has 0 saturated heterocycles. The van der Waals surface area contributed by atoms with Gasteiger partial charge in [-0.1, -0.05) is 56.4 Å². The summed E-state index contributed by atoms with van der Waals surface area (Å²) in [5.74, 6) is -0.594. The van der Waals surface area contributed by atoms with Crippen LogP contribution in [0.1, 0.15) is 41.7 Å². The van der Waals surface area contributed by atoms with E-state index in [0.29, 0.717) is 31.1 Å². The summed E-state index contributed by atoms with van der Waals surface area (Å²) in [6, 6.07) is 18.3. The number of nitrogens with zero attached hydrogens (tertiary/aromatic N) is 4. The van der Waals surface area contributed by atoms with E-state index in [9.17, 15) is 9.59 Å². The van der Waals surface area contributed by atoms with E-state index in [4.69, 9.17) is 14.8 Å². The van der Waals surface area contributed by atoms with Crippen molar-refractivity contribution in [2.45, 2.75) is 64.5 Å². The topological polar surface area (TPSA) is 111 Å². The quantitative estimate of drug-likeness (QED) is 0.124. The summed E-state index contributed by atoms with van der Waals surface area (Å²) < 4.78 is 9.45. The standard InChI is InChI=1S/C31H39N5O4Si/c1-41(2,3)18-17-40-23-35-21-26(20-32-35)24-11-10-12-25(19-24)30(39)34-31-33-27(13-6-4-9-16-29(37)38)22-36(31)28-14-7-5-8-15-28/h5,7-8,10-12,14-15,19-22H,4,6,9,13,16-18,23H2,1-3H3,(H,37,38)(H,33,34,39). The summed E-state index contributed by atoms with van der Waals surface area (Å²) in [6.45, 7) is 8.10. The number of aromatic nitrogens is 4. The lowest BCUT2D eigenvalue weighted by atomic mass is 10.1. The Balaban J connectivity index is 1.43. The number of hydrogen-bond acceptors (Lipinski definition) is 5. The zero-order valence-corrected chi connectivity index (χ0v) is 25.0. The second-order valence-corrected chi connectivity index (χ2v) is 17.0. The van der Waals surface area contributed by atoms with Crippen molar-refractivity contribution in [2.75, 3.05) is 11.9 Å². The van der Waals surface area contributed by atoms with Crippen molar-refractivity contribution in [3.05, 3.63) is 84.4 Å². The molecule has 216 valence electrons. The highest BCUT2D eigenvalue weighted by Crippen LogP contribution is 2.22. The molecule has 0 spiro atoms. The SMILES string of the molecule is C[Si](C)(C)CCOCn1cc(-c2cccc(C(=O)Nc3nc(CCCCCC(=O)O)cn3-c3ccccc3)c2)cn1. The van der Waals surface area contributed by atoms with Gasteiger partial charge in [0, 0.05) is 50.3 Å². The van der Waals surface area contributed by atoms with Gasteiger partial charge < -0.3 is 9.84 Å². The van der Waals surface area contributed by atoms with Crippen LogP contribution in [0.2, 0.25) is 25.7 Å². The molecule has 0 aliphatic heterocycles. The van der Waals surface area contributed by atoms with Gasteiger partial charge in [0.05, 0.1) is 11.9 Å². The van der Waals surface area contributed by atoms with Crippen LogP contribution in [0, 0.1) is 0 Å². The Kier molecular flexibility index (Phi) is 10.3. The lowest BCUT2D eigenvalue weighted by Gasteiger charge is -2.15. The van der Waals surface area contributed by atoms with Crippen molar-refractivity contribution in [3.63, 3.8) is 0 Å². The number of aryl methyl sites for hydroxylation is 1. The number of imidazole rings is 1. The molecule has 2 aromatic carbocycles. The van der Waals surface area contributed by atoms with E-state index in [1.165, 1.54) is 0 Å². The molecule has 1 amide bonds. The number of nitrogens with one attached hydrogen (secondary N) is 1. The zero-order chi connectivity index (χ0) is 29.2. The molecule has 0 atom stereocenters. The normalized spacial score (nSPS) is 11.5. The molecule has 41 heavy (non-hydrogen) atoms. The highest BCUT2D eigenvalue weighted by atomic mass is 28.3. The van der Waals surface area contributed by atoms with Gasteiger partial charge in [0.1, 0.15) is 6.73 Å². The van der Waals surface area contributed by atoms with E-state index < -0.39 is 14.0 Å². The van der Waals surface area contributed by atoms with Gasteiger partial charge in [-0.3, -0.25) is 19.5 Å². The Morgan fingerprint density at radius 3 is 2.54 bits per heavy atom. The van der Waals surface area contributed by atoms with Gasteiger partial charge >= 0.3 is 5.97 Å². The first-order chi connectivity index (χ1) is 19.7. The number of aliphatic carboxylic acids is 1. The average Bonchev–Trinajstić information content (AvgIpc) is 3.58. The van der Waals surface area contributed by atoms with E-state index in [-0.39, 0.29) is 12.3 Å². The maximum absolute atomic E-state index is 13.4. The van der Waals surface area contributed by atoms with Gasteiger partial charge in [-0.15, -0.1) is 0 Å². The fourth-order valence-corrected chi connectivity index (χ4v) is 5.07. The van der Waals surface area contributed by atoms with Crippen LogP contribution < -0.4 is 5.32 Å². The Labute approximate surface area is 242 Å². The minimum atomic E-state index is -1.14. The molecule has 0 fully saturated rings. The number of carbonyl (C=O) groups excluding carboxylic acids is 1.